The van der Waals surface area contributed by atoms with Crippen LogP contribution in [0.2, 0.25) is 0 Å². The predicted octanol–water partition coefficient (Wildman–Crippen LogP) is 2.95. The average Bonchev–Trinajstić information content (AvgIpc) is 2.77. The van der Waals surface area contributed by atoms with Crippen LogP contribution in [0.4, 0.5) is 0 Å². The van der Waals surface area contributed by atoms with Gasteiger partial charge in [-0.1, -0.05) is 13.8 Å². The second kappa shape index (κ2) is 5.44. The maximum atomic E-state index is 10.6. The Morgan fingerprint density at radius 1 is 0.870 bits per heavy atom. The van der Waals surface area contributed by atoms with Crippen LogP contribution in [0.5, 0.6) is 0 Å². The summed E-state index contributed by atoms with van der Waals surface area (Å²) in [4.78, 5) is 0. The van der Waals surface area contributed by atoms with Crippen molar-refractivity contribution in [3.8, 4) is 0 Å². The lowest BCUT2D eigenvalue weighted by molar-refractivity contribution is -0.123. The predicted molar refractivity (Wildman–Crippen MR) is 92.0 cm³/mol. The smallest absolute Gasteiger partial charge is 0.0701 e. The van der Waals surface area contributed by atoms with Crippen LogP contribution >= 0.6 is 0 Å². The van der Waals surface area contributed by atoms with E-state index in [2.05, 4.69) is 19.2 Å². The molecule has 0 unspecified atom stereocenters. The van der Waals surface area contributed by atoms with Gasteiger partial charge in [-0.25, -0.2) is 0 Å². The fourth-order valence-corrected chi connectivity index (χ4v) is 7.77. The molecule has 4 saturated carbocycles. The summed E-state index contributed by atoms with van der Waals surface area (Å²) in [7, 11) is 2.02. The van der Waals surface area contributed by atoms with Crippen molar-refractivity contribution in [3.05, 3.63) is 0 Å². The quantitative estimate of drug-likeness (QED) is 0.696. The van der Waals surface area contributed by atoms with E-state index in [-0.39, 0.29) is 23.7 Å². The van der Waals surface area contributed by atoms with Crippen LogP contribution in [0.25, 0.3) is 0 Å². The van der Waals surface area contributed by atoms with Gasteiger partial charge in [0.1, 0.15) is 0 Å². The van der Waals surface area contributed by atoms with E-state index in [1.54, 1.807) is 0 Å². The molecular formula is C20H35NO2. The Hall–Kier alpha value is -0.120. The lowest BCUT2D eigenvalue weighted by Crippen LogP contribution is -2.56. The van der Waals surface area contributed by atoms with Gasteiger partial charge in [0.15, 0.2) is 0 Å². The Kier molecular flexibility index (Phi) is 3.87. The van der Waals surface area contributed by atoms with E-state index in [4.69, 9.17) is 0 Å². The fraction of sp³-hybridized carbons (Fsp3) is 1.00. The Bertz CT molecular complexity index is 469. The van der Waals surface area contributed by atoms with Crippen molar-refractivity contribution in [2.75, 3.05) is 7.05 Å². The Morgan fingerprint density at radius 3 is 2.35 bits per heavy atom. The number of nitrogens with one attached hydrogen (secondary N) is 1. The van der Waals surface area contributed by atoms with Crippen molar-refractivity contribution >= 4 is 0 Å². The molecule has 9 atom stereocenters. The molecule has 0 aromatic rings. The molecule has 3 nitrogen and oxygen atoms in total. The largest absolute Gasteiger partial charge is 0.393 e. The van der Waals surface area contributed by atoms with E-state index in [1.807, 2.05) is 7.05 Å². The molecule has 3 heteroatoms. The summed E-state index contributed by atoms with van der Waals surface area (Å²) in [5.41, 5.74) is 0.707. The van der Waals surface area contributed by atoms with Crippen LogP contribution in [0, 0.1) is 34.5 Å². The van der Waals surface area contributed by atoms with Crippen LogP contribution in [-0.2, 0) is 0 Å². The minimum atomic E-state index is -0.174. The number of likely N-dealkylation sites (N-methyl/N-ethyl adjacent to an activating group) is 1. The third kappa shape index (κ3) is 2.19. The normalized spacial score (nSPS) is 59.1. The molecule has 0 aromatic carbocycles. The van der Waals surface area contributed by atoms with E-state index in [9.17, 15) is 10.2 Å². The van der Waals surface area contributed by atoms with Crippen LogP contribution in [0.15, 0.2) is 0 Å². The molecule has 23 heavy (non-hydrogen) atoms. The maximum Gasteiger partial charge on any atom is 0.0701 e. The molecule has 0 aliphatic heterocycles. The number of aliphatic hydroxyl groups is 2. The average molecular weight is 322 g/mol. The number of rotatable bonds is 1. The monoisotopic (exact) mass is 321 g/mol. The van der Waals surface area contributed by atoms with E-state index in [0.29, 0.717) is 11.3 Å². The maximum absolute atomic E-state index is 10.6. The van der Waals surface area contributed by atoms with Gasteiger partial charge in [-0.05, 0) is 92.9 Å². The minimum absolute atomic E-state index is 0.0551. The molecular weight excluding hydrogens is 286 g/mol. The molecule has 4 aliphatic rings. The highest BCUT2D eigenvalue weighted by Crippen LogP contribution is 2.66. The molecule has 0 radical (unpaired) electrons. The highest BCUT2D eigenvalue weighted by molar-refractivity contribution is 5.12. The third-order valence-electron chi connectivity index (χ3n) is 8.98. The standard InChI is InChI=1S/C20H35NO2/c1-19-8-6-13(22)10-12(19)4-5-14-15(19)7-9-20(2)16(14)11-17(23)18(20)21-3/h12-18,21-23H,4-11H2,1-3H3/t12-,13+,14+,15-,16-,17-,18-,19-,20-/m0/s1. The molecule has 0 spiro atoms. The van der Waals surface area contributed by atoms with Crippen LogP contribution in [-0.4, -0.2) is 35.5 Å². The fourth-order valence-electron chi connectivity index (χ4n) is 7.77. The Labute approximate surface area is 141 Å². The molecule has 3 N–H and O–H groups in total. The summed E-state index contributed by atoms with van der Waals surface area (Å²) in [6.07, 6.45) is 9.20. The zero-order chi connectivity index (χ0) is 16.4. The SMILES string of the molecule is CN[C@H]1[C@@H](O)C[C@H]2[C@@H]3CC[C@H]4C[C@H](O)CC[C@]4(C)[C@H]3CC[C@@]21C. The molecule has 4 fully saturated rings. The molecule has 4 aliphatic carbocycles. The number of hydrogen-bond acceptors (Lipinski definition) is 3. The van der Waals surface area contributed by atoms with E-state index in [1.165, 1.54) is 32.1 Å². The first-order chi connectivity index (χ1) is 10.9. The van der Waals surface area contributed by atoms with Crippen LogP contribution in [0.1, 0.15) is 65.2 Å². The summed E-state index contributed by atoms with van der Waals surface area (Å²) in [5, 5.41) is 24.2. The van der Waals surface area contributed by atoms with Gasteiger partial charge in [0.2, 0.25) is 0 Å². The minimum Gasteiger partial charge on any atom is -0.393 e. The molecule has 0 heterocycles. The van der Waals surface area contributed by atoms with Crippen molar-refractivity contribution in [2.24, 2.45) is 34.5 Å². The molecule has 0 saturated heterocycles. The highest BCUT2D eigenvalue weighted by atomic mass is 16.3. The Morgan fingerprint density at radius 2 is 1.61 bits per heavy atom. The number of fused-ring (bicyclic) bond motifs is 5. The summed E-state index contributed by atoms with van der Waals surface area (Å²) in [6, 6.07) is 0.271. The second-order valence-electron chi connectivity index (χ2n) is 9.70. The van der Waals surface area contributed by atoms with E-state index in [0.717, 1.165) is 37.0 Å². The van der Waals surface area contributed by atoms with Gasteiger partial charge >= 0.3 is 0 Å². The first-order valence-corrected chi connectivity index (χ1v) is 9.93. The van der Waals surface area contributed by atoms with Gasteiger partial charge in [-0.2, -0.15) is 0 Å². The molecule has 0 bridgehead atoms. The third-order valence-corrected chi connectivity index (χ3v) is 8.98. The number of hydrogen-bond donors (Lipinski definition) is 3. The molecule has 132 valence electrons. The highest BCUT2D eigenvalue weighted by Gasteiger charge is 2.61. The van der Waals surface area contributed by atoms with E-state index < -0.39 is 0 Å². The molecule has 0 aromatic heterocycles. The van der Waals surface area contributed by atoms with Crippen molar-refractivity contribution in [3.63, 3.8) is 0 Å². The molecule has 4 rings (SSSR count). The van der Waals surface area contributed by atoms with Crippen molar-refractivity contribution < 1.29 is 10.2 Å². The van der Waals surface area contributed by atoms with Crippen LogP contribution in [0.3, 0.4) is 0 Å². The topological polar surface area (TPSA) is 52.5 Å². The lowest BCUT2D eigenvalue weighted by Gasteiger charge is -2.60. The van der Waals surface area contributed by atoms with Gasteiger partial charge in [0, 0.05) is 6.04 Å². The van der Waals surface area contributed by atoms with Gasteiger partial charge in [-0.3, -0.25) is 0 Å². The van der Waals surface area contributed by atoms with Crippen molar-refractivity contribution in [2.45, 2.75) is 83.5 Å². The summed E-state index contributed by atoms with van der Waals surface area (Å²) in [6.45, 7) is 4.97. The number of aliphatic hydroxyl groups excluding tert-OH is 2. The van der Waals surface area contributed by atoms with Crippen molar-refractivity contribution in [1.29, 1.82) is 0 Å². The summed E-state index contributed by atoms with van der Waals surface area (Å²) < 4.78 is 0. The van der Waals surface area contributed by atoms with Gasteiger partial charge in [-0.15, -0.1) is 0 Å². The first-order valence-electron chi connectivity index (χ1n) is 9.93. The van der Waals surface area contributed by atoms with Crippen LogP contribution < -0.4 is 5.32 Å². The summed E-state index contributed by atoms with van der Waals surface area (Å²) >= 11 is 0. The summed E-state index contributed by atoms with van der Waals surface area (Å²) in [5.74, 6) is 3.01. The van der Waals surface area contributed by atoms with Crippen molar-refractivity contribution in [1.82, 2.24) is 5.32 Å². The van der Waals surface area contributed by atoms with Gasteiger partial charge < -0.3 is 15.5 Å². The Balaban J connectivity index is 1.62. The molecule has 0 amide bonds. The zero-order valence-electron chi connectivity index (χ0n) is 15.1. The first kappa shape index (κ1) is 16.4. The van der Waals surface area contributed by atoms with E-state index >= 15 is 0 Å². The second-order valence-corrected chi connectivity index (χ2v) is 9.70. The van der Waals surface area contributed by atoms with Gasteiger partial charge in [0.05, 0.1) is 12.2 Å². The lowest BCUT2D eigenvalue weighted by atomic mass is 9.45. The zero-order valence-corrected chi connectivity index (χ0v) is 15.1. The van der Waals surface area contributed by atoms with Gasteiger partial charge in [0.25, 0.3) is 0 Å².